The zero-order valence-corrected chi connectivity index (χ0v) is 12.9. The van der Waals surface area contributed by atoms with Gasteiger partial charge in [-0.2, -0.15) is 0 Å². The lowest BCUT2D eigenvalue weighted by molar-refractivity contribution is 0.168. The number of hydrogen-bond donors (Lipinski definition) is 1. The number of nitrogen functional groups attached to an aromatic ring is 1. The third-order valence-electron chi connectivity index (χ3n) is 3.18. The third kappa shape index (κ3) is 2.14. The van der Waals surface area contributed by atoms with E-state index in [1.807, 2.05) is 6.07 Å². The number of anilines is 1. The highest BCUT2D eigenvalue weighted by atomic mass is 79.9. The summed E-state index contributed by atoms with van der Waals surface area (Å²) in [6.45, 7) is 5.30. The number of nitrogens with two attached hydrogens (primary N) is 1. The first-order valence-electron chi connectivity index (χ1n) is 6.42. The maximum Gasteiger partial charge on any atom is 0.175 e. The van der Waals surface area contributed by atoms with E-state index in [1.54, 1.807) is 6.07 Å². The normalized spacial score (nSPS) is 13.8. The van der Waals surface area contributed by atoms with Crippen molar-refractivity contribution in [2.75, 3.05) is 18.9 Å². The van der Waals surface area contributed by atoms with Crippen LogP contribution >= 0.6 is 15.9 Å². The average Bonchev–Trinajstić information content (AvgIpc) is 2.85. The molecule has 2 aromatic rings. The van der Waals surface area contributed by atoms with Crippen LogP contribution in [0.1, 0.15) is 25.3 Å². The minimum atomic E-state index is 0.250. The van der Waals surface area contributed by atoms with E-state index < -0.39 is 0 Å². The highest BCUT2D eigenvalue weighted by Gasteiger charge is 2.26. The van der Waals surface area contributed by atoms with Crippen LogP contribution in [0, 0.1) is 0 Å². The molecule has 0 spiro atoms. The second kappa shape index (κ2) is 5.01. The van der Waals surface area contributed by atoms with E-state index in [0.29, 0.717) is 24.8 Å². The van der Waals surface area contributed by atoms with E-state index in [1.165, 1.54) is 0 Å². The fraction of sp³-hybridized carbons (Fsp3) is 0.357. The summed E-state index contributed by atoms with van der Waals surface area (Å²) in [5, 5.41) is 3.75. The van der Waals surface area contributed by atoms with Gasteiger partial charge in [0, 0.05) is 17.2 Å². The van der Waals surface area contributed by atoms with Crippen molar-refractivity contribution in [3.05, 3.63) is 22.2 Å². The van der Waals surface area contributed by atoms with Gasteiger partial charge in [0.1, 0.15) is 13.2 Å². The first-order valence-corrected chi connectivity index (χ1v) is 7.21. The average molecular weight is 339 g/mol. The standard InChI is InChI=1S/C14H15BrN2O3/c1-7(2)12-8(10-6-11(16)17-20-10)5-9(15)13-14(12)19-4-3-18-13/h5-7H,3-4H2,1-2H3,(H2,16,17). The number of rotatable bonds is 2. The van der Waals surface area contributed by atoms with Crippen molar-refractivity contribution >= 4 is 21.7 Å². The molecular weight excluding hydrogens is 324 g/mol. The van der Waals surface area contributed by atoms with Crippen molar-refractivity contribution in [2.45, 2.75) is 19.8 Å². The molecule has 2 N–H and O–H groups in total. The molecular formula is C14H15BrN2O3. The van der Waals surface area contributed by atoms with Crippen LogP contribution in [0.2, 0.25) is 0 Å². The van der Waals surface area contributed by atoms with Crippen LogP contribution < -0.4 is 15.2 Å². The van der Waals surface area contributed by atoms with Gasteiger partial charge in [0.2, 0.25) is 0 Å². The Morgan fingerprint density at radius 1 is 1.20 bits per heavy atom. The summed E-state index contributed by atoms with van der Waals surface area (Å²) in [6.07, 6.45) is 0. The van der Waals surface area contributed by atoms with Gasteiger partial charge in [-0.1, -0.05) is 19.0 Å². The number of aromatic nitrogens is 1. The van der Waals surface area contributed by atoms with Gasteiger partial charge in [0.15, 0.2) is 23.1 Å². The Hall–Kier alpha value is -1.69. The summed E-state index contributed by atoms with van der Waals surface area (Å²) >= 11 is 3.52. The Morgan fingerprint density at radius 3 is 2.50 bits per heavy atom. The monoisotopic (exact) mass is 338 g/mol. The van der Waals surface area contributed by atoms with E-state index in [2.05, 4.69) is 34.9 Å². The fourth-order valence-electron chi connectivity index (χ4n) is 2.38. The van der Waals surface area contributed by atoms with Crippen LogP contribution in [-0.4, -0.2) is 18.4 Å². The highest BCUT2D eigenvalue weighted by Crippen LogP contribution is 2.48. The van der Waals surface area contributed by atoms with Crippen LogP contribution in [0.4, 0.5) is 5.82 Å². The van der Waals surface area contributed by atoms with Crippen LogP contribution in [-0.2, 0) is 0 Å². The van der Waals surface area contributed by atoms with Crippen molar-refractivity contribution in [2.24, 2.45) is 0 Å². The first-order chi connectivity index (χ1) is 9.58. The van der Waals surface area contributed by atoms with E-state index in [4.69, 9.17) is 19.7 Å². The third-order valence-corrected chi connectivity index (χ3v) is 3.77. The Balaban J connectivity index is 2.26. The molecule has 0 bridgehead atoms. The van der Waals surface area contributed by atoms with Crippen LogP contribution in [0.5, 0.6) is 11.5 Å². The van der Waals surface area contributed by atoms with Crippen molar-refractivity contribution in [1.82, 2.24) is 5.16 Å². The minimum Gasteiger partial charge on any atom is -0.486 e. The van der Waals surface area contributed by atoms with Gasteiger partial charge < -0.3 is 19.7 Å². The predicted octanol–water partition coefficient (Wildman–Crippen LogP) is 3.58. The molecule has 0 unspecified atom stereocenters. The maximum atomic E-state index is 5.82. The molecule has 3 rings (SSSR count). The molecule has 1 aliphatic heterocycles. The van der Waals surface area contributed by atoms with Crippen molar-refractivity contribution in [3.8, 4) is 22.8 Å². The summed E-state index contributed by atoms with van der Waals surface area (Å²) < 4.78 is 17.6. The summed E-state index contributed by atoms with van der Waals surface area (Å²) in [6, 6.07) is 3.67. The first kappa shape index (κ1) is 13.3. The molecule has 0 amide bonds. The number of halogens is 1. The van der Waals surface area contributed by atoms with Gasteiger partial charge in [-0.3, -0.25) is 0 Å². The van der Waals surface area contributed by atoms with Crippen LogP contribution in [0.25, 0.3) is 11.3 Å². The molecule has 1 aromatic heterocycles. The molecule has 106 valence electrons. The van der Waals surface area contributed by atoms with Crippen molar-refractivity contribution < 1.29 is 14.0 Å². The summed E-state index contributed by atoms with van der Waals surface area (Å²) in [5.41, 5.74) is 7.60. The van der Waals surface area contributed by atoms with Gasteiger partial charge in [0.25, 0.3) is 0 Å². The lowest BCUT2D eigenvalue weighted by atomic mass is 9.94. The molecule has 0 saturated heterocycles. The van der Waals surface area contributed by atoms with E-state index in [0.717, 1.165) is 27.1 Å². The van der Waals surface area contributed by atoms with Gasteiger partial charge in [-0.15, -0.1) is 0 Å². The Bertz CT molecular complexity index is 652. The number of benzene rings is 1. The van der Waals surface area contributed by atoms with E-state index >= 15 is 0 Å². The minimum absolute atomic E-state index is 0.250. The molecule has 0 saturated carbocycles. The van der Waals surface area contributed by atoms with E-state index in [9.17, 15) is 0 Å². The van der Waals surface area contributed by atoms with Crippen LogP contribution in [0.3, 0.4) is 0 Å². The Labute approximate surface area is 125 Å². The van der Waals surface area contributed by atoms with Gasteiger partial charge in [-0.05, 0) is 27.9 Å². The maximum absolute atomic E-state index is 5.82. The number of ether oxygens (including phenoxy) is 2. The number of nitrogens with zero attached hydrogens (tertiary/aromatic N) is 1. The molecule has 5 nitrogen and oxygen atoms in total. The predicted molar refractivity (Wildman–Crippen MR) is 79.1 cm³/mol. The molecule has 0 aliphatic carbocycles. The van der Waals surface area contributed by atoms with Crippen molar-refractivity contribution in [1.29, 1.82) is 0 Å². The highest BCUT2D eigenvalue weighted by molar-refractivity contribution is 9.10. The Morgan fingerprint density at radius 2 is 1.90 bits per heavy atom. The summed E-state index contributed by atoms with van der Waals surface area (Å²) in [7, 11) is 0. The molecule has 2 heterocycles. The molecule has 0 radical (unpaired) electrons. The van der Waals surface area contributed by atoms with E-state index in [-0.39, 0.29) is 5.92 Å². The summed E-state index contributed by atoms with van der Waals surface area (Å²) in [4.78, 5) is 0. The zero-order valence-electron chi connectivity index (χ0n) is 11.3. The zero-order chi connectivity index (χ0) is 14.3. The quantitative estimate of drug-likeness (QED) is 0.906. The smallest absolute Gasteiger partial charge is 0.175 e. The van der Waals surface area contributed by atoms with Gasteiger partial charge in [0.05, 0.1) is 4.47 Å². The van der Waals surface area contributed by atoms with Crippen LogP contribution in [0.15, 0.2) is 21.1 Å². The lowest BCUT2D eigenvalue weighted by Crippen LogP contribution is -2.17. The molecule has 1 aliphatic rings. The number of hydrogen-bond acceptors (Lipinski definition) is 5. The molecule has 6 heteroatoms. The lowest BCUT2D eigenvalue weighted by Gasteiger charge is -2.25. The second-order valence-corrected chi connectivity index (χ2v) is 5.80. The van der Waals surface area contributed by atoms with Gasteiger partial charge >= 0.3 is 0 Å². The fourth-order valence-corrected chi connectivity index (χ4v) is 2.90. The molecule has 0 atom stereocenters. The largest absolute Gasteiger partial charge is 0.486 e. The Kier molecular flexibility index (Phi) is 3.33. The SMILES string of the molecule is CC(C)c1c(-c2cc(N)no2)cc(Br)c2c1OCCO2. The topological polar surface area (TPSA) is 70.5 Å². The molecule has 20 heavy (non-hydrogen) atoms. The van der Waals surface area contributed by atoms with Gasteiger partial charge in [-0.25, -0.2) is 0 Å². The van der Waals surface area contributed by atoms with Crippen molar-refractivity contribution in [3.63, 3.8) is 0 Å². The molecule has 0 fully saturated rings. The second-order valence-electron chi connectivity index (χ2n) is 4.95. The summed E-state index contributed by atoms with van der Waals surface area (Å²) in [5.74, 6) is 2.76. The molecule has 1 aromatic carbocycles. The number of fused-ring (bicyclic) bond motifs is 1.